The molecule has 0 radical (unpaired) electrons. The maximum absolute atomic E-state index is 13.2. The van der Waals surface area contributed by atoms with Crippen molar-refractivity contribution >= 4 is 11.6 Å². The van der Waals surface area contributed by atoms with Crippen LogP contribution in [0, 0.1) is 5.92 Å². The van der Waals surface area contributed by atoms with Gasteiger partial charge in [0.2, 0.25) is 5.91 Å². The second-order valence-corrected chi connectivity index (χ2v) is 6.63. The van der Waals surface area contributed by atoms with E-state index in [1.54, 1.807) is 12.1 Å². The molecule has 24 heavy (non-hydrogen) atoms. The molecule has 0 bridgehead atoms. The number of amides is 1. The second kappa shape index (κ2) is 5.09. The van der Waals surface area contributed by atoms with Gasteiger partial charge in [-0.2, -0.15) is 0 Å². The minimum absolute atomic E-state index is 0.0125. The Morgan fingerprint density at radius 1 is 1.33 bits per heavy atom. The van der Waals surface area contributed by atoms with Crippen LogP contribution in [-0.4, -0.2) is 24.8 Å². The van der Waals surface area contributed by atoms with Gasteiger partial charge in [0.25, 0.3) is 0 Å². The van der Waals surface area contributed by atoms with E-state index in [9.17, 15) is 13.6 Å². The summed E-state index contributed by atoms with van der Waals surface area (Å²) in [5.74, 6) is 0.0306. The number of hydrogen-bond donors (Lipinski definition) is 2. The Balaban J connectivity index is 1.65. The van der Waals surface area contributed by atoms with Gasteiger partial charge in [0.15, 0.2) is 11.5 Å². The van der Waals surface area contributed by atoms with Crippen LogP contribution in [0.25, 0.3) is 5.70 Å². The van der Waals surface area contributed by atoms with Gasteiger partial charge in [0.1, 0.15) is 0 Å². The fourth-order valence-corrected chi connectivity index (χ4v) is 3.40. The summed E-state index contributed by atoms with van der Waals surface area (Å²) in [6.45, 7) is 4.43. The van der Waals surface area contributed by atoms with Gasteiger partial charge < -0.3 is 20.1 Å². The first-order chi connectivity index (χ1) is 11.3. The standard InChI is InChI=1S/C17H18F2N2O3/c1-8(2)16(22)21-12-3-4-20-15-10-7-14-13(23-17(18,19)24-14)6-9(10)5-11(12)15/h6-8,12,20H,3-5H2,1-2H3,(H,21,22). The van der Waals surface area contributed by atoms with Crippen LogP contribution in [0.15, 0.2) is 17.7 Å². The highest BCUT2D eigenvalue weighted by Gasteiger charge is 2.45. The zero-order valence-corrected chi connectivity index (χ0v) is 13.4. The second-order valence-electron chi connectivity index (χ2n) is 6.63. The van der Waals surface area contributed by atoms with Crippen molar-refractivity contribution in [2.24, 2.45) is 5.92 Å². The summed E-state index contributed by atoms with van der Waals surface area (Å²) in [6.07, 6.45) is -2.21. The lowest BCUT2D eigenvalue weighted by atomic mass is 9.97. The molecule has 1 unspecified atom stereocenters. The van der Waals surface area contributed by atoms with Gasteiger partial charge in [-0.25, -0.2) is 0 Å². The first kappa shape index (κ1) is 15.2. The molecule has 1 aromatic rings. The van der Waals surface area contributed by atoms with Crippen molar-refractivity contribution in [3.8, 4) is 11.5 Å². The number of ether oxygens (including phenoxy) is 2. The molecule has 1 atom stereocenters. The largest absolute Gasteiger partial charge is 0.586 e. The van der Waals surface area contributed by atoms with E-state index in [2.05, 4.69) is 20.1 Å². The van der Waals surface area contributed by atoms with Crippen molar-refractivity contribution in [2.75, 3.05) is 6.54 Å². The summed E-state index contributed by atoms with van der Waals surface area (Å²) in [6, 6.07) is 3.15. The molecular formula is C17H18F2N2O3. The molecule has 1 amide bonds. The number of hydrogen-bond acceptors (Lipinski definition) is 4. The molecule has 2 N–H and O–H groups in total. The molecule has 0 fully saturated rings. The summed E-state index contributed by atoms with van der Waals surface area (Å²) >= 11 is 0. The Morgan fingerprint density at radius 3 is 2.75 bits per heavy atom. The lowest BCUT2D eigenvalue weighted by Gasteiger charge is -2.28. The van der Waals surface area contributed by atoms with Crippen molar-refractivity contribution in [1.29, 1.82) is 0 Å². The average Bonchev–Trinajstić information content (AvgIpc) is 3.00. The van der Waals surface area contributed by atoms with Crippen LogP contribution in [-0.2, 0) is 11.2 Å². The number of nitrogens with one attached hydrogen (secondary N) is 2. The highest BCUT2D eigenvalue weighted by Crippen LogP contribution is 2.47. The van der Waals surface area contributed by atoms with Crippen LogP contribution >= 0.6 is 0 Å². The van der Waals surface area contributed by atoms with Gasteiger partial charge in [-0.05, 0) is 36.1 Å². The van der Waals surface area contributed by atoms with E-state index < -0.39 is 6.29 Å². The normalized spacial score (nSPS) is 23.0. The monoisotopic (exact) mass is 336 g/mol. The number of halogens is 2. The van der Waals surface area contributed by atoms with Gasteiger partial charge in [-0.1, -0.05) is 13.8 Å². The third kappa shape index (κ3) is 2.39. The first-order valence-corrected chi connectivity index (χ1v) is 8.04. The molecule has 0 saturated heterocycles. The molecule has 4 rings (SSSR count). The number of rotatable bonds is 2. The Labute approximate surface area is 138 Å². The SMILES string of the molecule is CC(C)C(=O)NC1CCNC2=C1Cc1cc3c(cc12)OC(F)(F)O3. The highest BCUT2D eigenvalue weighted by atomic mass is 19.3. The lowest BCUT2D eigenvalue weighted by Crippen LogP contribution is -2.43. The summed E-state index contributed by atoms with van der Waals surface area (Å²) in [4.78, 5) is 12.0. The van der Waals surface area contributed by atoms with Gasteiger partial charge in [-0.3, -0.25) is 4.79 Å². The zero-order chi connectivity index (χ0) is 17.1. The quantitative estimate of drug-likeness (QED) is 0.871. The first-order valence-electron chi connectivity index (χ1n) is 8.04. The van der Waals surface area contributed by atoms with Crippen LogP contribution in [0.5, 0.6) is 11.5 Å². The molecule has 1 aromatic carbocycles. The topological polar surface area (TPSA) is 59.6 Å². The Kier molecular flexibility index (Phi) is 3.23. The van der Waals surface area contributed by atoms with Crippen LogP contribution in [0.3, 0.4) is 0 Å². The molecule has 0 saturated carbocycles. The molecule has 128 valence electrons. The van der Waals surface area contributed by atoms with E-state index in [1.165, 1.54) is 0 Å². The molecule has 0 spiro atoms. The number of fused-ring (bicyclic) bond motifs is 3. The summed E-state index contributed by atoms with van der Waals surface area (Å²) in [5, 5.41) is 6.40. The Hall–Kier alpha value is -2.31. The number of carbonyl (C=O) groups excluding carboxylic acids is 1. The van der Waals surface area contributed by atoms with Gasteiger partial charge >= 0.3 is 6.29 Å². The maximum Gasteiger partial charge on any atom is 0.586 e. The van der Waals surface area contributed by atoms with Crippen molar-refractivity contribution in [2.45, 2.75) is 39.0 Å². The van der Waals surface area contributed by atoms with E-state index in [1.807, 2.05) is 13.8 Å². The van der Waals surface area contributed by atoms with Crippen molar-refractivity contribution in [1.82, 2.24) is 10.6 Å². The van der Waals surface area contributed by atoms with Crippen LogP contribution < -0.4 is 20.1 Å². The van der Waals surface area contributed by atoms with Crippen LogP contribution in [0.1, 0.15) is 31.4 Å². The average molecular weight is 336 g/mol. The molecular weight excluding hydrogens is 318 g/mol. The van der Waals surface area contributed by atoms with E-state index in [-0.39, 0.29) is 29.4 Å². The fraction of sp³-hybridized carbons (Fsp3) is 0.471. The third-order valence-electron chi connectivity index (χ3n) is 4.59. The molecule has 2 aliphatic heterocycles. The molecule has 2 heterocycles. The number of carbonyl (C=O) groups is 1. The Bertz CT molecular complexity index is 758. The number of alkyl halides is 2. The van der Waals surface area contributed by atoms with E-state index in [0.29, 0.717) is 13.0 Å². The smallest absolute Gasteiger partial charge is 0.395 e. The lowest BCUT2D eigenvalue weighted by molar-refractivity contribution is -0.286. The predicted molar refractivity (Wildman–Crippen MR) is 82.7 cm³/mol. The molecule has 5 nitrogen and oxygen atoms in total. The minimum atomic E-state index is -3.61. The molecule has 3 aliphatic rings. The summed E-state index contributed by atoms with van der Waals surface area (Å²) < 4.78 is 35.5. The van der Waals surface area contributed by atoms with Crippen molar-refractivity contribution in [3.05, 3.63) is 28.8 Å². The Morgan fingerprint density at radius 2 is 2.04 bits per heavy atom. The van der Waals surface area contributed by atoms with Gasteiger partial charge in [-0.15, -0.1) is 8.78 Å². The highest BCUT2D eigenvalue weighted by molar-refractivity contribution is 5.82. The predicted octanol–water partition coefficient (Wildman–Crippen LogP) is 2.41. The fourth-order valence-electron chi connectivity index (χ4n) is 3.40. The molecule has 0 aromatic heterocycles. The third-order valence-corrected chi connectivity index (χ3v) is 4.59. The van der Waals surface area contributed by atoms with Crippen molar-refractivity contribution < 1.29 is 23.0 Å². The van der Waals surface area contributed by atoms with Crippen molar-refractivity contribution in [3.63, 3.8) is 0 Å². The molecule has 1 aliphatic carbocycles. The molecule has 7 heteroatoms. The van der Waals surface area contributed by atoms with Crippen LogP contribution in [0.4, 0.5) is 8.78 Å². The van der Waals surface area contributed by atoms with Gasteiger partial charge in [0.05, 0.1) is 6.04 Å². The van der Waals surface area contributed by atoms with E-state index in [4.69, 9.17) is 0 Å². The summed E-state index contributed by atoms with van der Waals surface area (Å²) in [5.41, 5.74) is 3.74. The van der Waals surface area contributed by atoms with Crippen LogP contribution in [0.2, 0.25) is 0 Å². The maximum atomic E-state index is 13.2. The number of benzene rings is 1. The van der Waals surface area contributed by atoms with E-state index >= 15 is 0 Å². The zero-order valence-electron chi connectivity index (χ0n) is 13.4. The van der Waals surface area contributed by atoms with E-state index in [0.717, 1.165) is 28.8 Å². The van der Waals surface area contributed by atoms with Gasteiger partial charge in [0, 0.05) is 23.7 Å². The summed E-state index contributed by atoms with van der Waals surface area (Å²) in [7, 11) is 0. The minimum Gasteiger partial charge on any atom is -0.395 e.